The van der Waals surface area contributed by atoms with Crippen LogP contribution in [0.4, 0.5) is 0 Å². The van der Waals surface area contributed by atoms with Crippen molar-refractivity contribution in [3.05, 3.63) is 11.8 Å². The van der Waals surface area contributed by atoms with Crippen LogP contribution >= 0.6 is 0 Å². The van der Waals surface area contributed by atoms with E-state index in [1.54, 1.807) is 7.05 Å². The first-order chi connectivity index (χ1) is 8.84. The third-order valence-electron chi connectivity index (χ3n) is 2.87. The highest BCUT2D eigenvalue weighted by Crippen LogP contribution is 2.16. The molecule has 8 nitrogen and oxygen atoms in total. The first kappa shape index (κ1) is 14.4. The SMILES string of the molecule is CNCc1cn[nH]c1S(=O)(=O)NC1CCS(=O)(=O)C1. The van der Waals surface area contributed by atoms with E-state index in [1.807, 2.05) is 0 Å². The Morgan fingerprint density at radius 2 is 2.26 bits per heavy atom. The van der Waals surface area contributed by atoms with Crippen LogP contribution in [-0.4, -0.2) is 51.6 Å². The molecule has 0 aromatic carbocycles. The van der Waals surface area contributed by atoms with Crippen molar-refractivity contribution in [1.29, 1.82) is 0 Å². The van der Waals surface area contributed by atoms with Gasteiger partial charge >= 0.3 is 0 Å². The summed E-state index contributed by atoms with van der Waals surface area (Å²) in [5.41, 5.74) is 0.510. The largest absolute Gasteiger partial charge is 0.316 e. The minimum absolute atomic E-state index is 0.0204. The van der Waals surface area contributed by atoms with Gasteiger partial charge < -0.3 is 5.32 Å². The molecule has 1 aliphatic heterocycles. The first-order valence-electron chi connectivity index (χ1n) is 5.74. The summed E-state index contributed by atoms with van der Waals surface area (Å²) in [6.07, 6.45) is 1.73. The zero-order chi connectivity index (χ0) is 14.1. The maximum absolute atomic E-state index is 12.2. The maximum Gasteiger partial charge on any atom is 0.258 e. The van der Waals surface area contributed by atoms with Crippen molar-refractivity contribution in [3.63, 3.8) is 0 Å². The van der Waals surface area contributed by atoms with Crippen LogP contribution in [0.1, 0.15) is 12.0 Å². The van der Waals surface area contributed by atoms with Gasteiger partial charge in [0.15, 0.2) is 14.9 Å². The molecule has 0 bridgehead atoms. The van der Waals surface area contributed by atoms with E-state index < -0.39 is 25.9 Å². The molecule has 10 heteroatoms. The van der Waals surface area contributed by atoms with Crippen LogP contribution in [0.5, 0.6) is 0 Å². The lowest BCUT2D eigenvalue weighted by Crippen LogP contribution is -2.36. The summed E-state index contributed by atoms with van der Waals surface area (Å²) in [5.74, 6) is -0.131. The highest BCUT2D eigenvalue weighted by Gasteiger charge is 2.32. The Morgan fingerprint density at radius 1 is 1.53 bits per heavy atom. The molecule has 3 N–H and O–H groups in total. The van der Waals surface area contributed by atoms with Gasteiger partial charge in [-0.15, -0.1) is 0 Å². The van der Waals surface area contributed by atoms with Crippen LogP contribution < -0.4 is 10.0 Å². The van der Waals surface area contributed by atoms with E-state index >= 15 is 0 Å². The van der Waals surface area contributed by atoms with Gasteiger partial charge in [-0.25, -0.2) is 21.6 Å². The summed E-state index contributed by atoms with van der Waals surface area (Å²) in [5, 5.41) is 8.96. The molecule has 2 heterocycles. The van der Waals surface area contributed by atoms with Crippen molar-refractivity contribution >= 4 is 19.9 Å². The Kier molecular flexibility index (Phi) is 3.95. The second-order valence-electron chi connectivity index (χ2n) is 4.48. The van der Waals surface area contributed by atoms with Crippen molar-refractivity contribution in [3.8, 4) is 0 Å². The van der Waals surface area contributed by atoms with Crippen molar-refractivity contribution in [2.24, 2.45) is 0 Å². The lowest BCUT2D eigenvalue weighted by molar-refractivity contribution is 0.556. The fourth-order valence-electron chi connectivity index (χ4n) is 2.01. The third-order valence-corrected chi connectivity index (χ3v) is 6.17. The Labute approximate surface area is 111 Å². The standard InChI is InChI=1S/C9H16N4O4S2/c1-10-4-7-5-11-12-9(7)19(16,17)13-8-2-3-18(14,15)6-8/h5,8,10,13H,2-4,6H2,1H3,(H,11,12). The quantitative estimate of drug-likeness (QED) is 0.615. The summed E-state index contributed by atoms with van der Waals surface area (Å²) in [7, 11) is -5.20. The molecule has 0 saturated carbocycles. The zero-order valence-electron chi connectivity index (χ0n) is 10.4. The molecular formula is C9H16N4O4S2. The van der Waals surface area contributed by atoms with Crippen LogP contribution in [0.2, 0.25) is 0 Å². The highest BCUT2D eigenvalue weighted by atomic mass is 32.2. The Balaban J connectivity index is 2.17. The Morgan fingerprint density at radius 3 is 2.84 bits per heavy atom. The molecule has 2 rings (SSSR count). The fraction of sp³-hybridized carbons (Fsp3) is 0.667. The average molecular weight is 308 g/mol. The van der Waals surface area contributed by atoms with Crippen molar-refractivity contribution < 1.29 is 16.8 Å². The number of aromatic amines is 1. The minimum Gasteiger partial charge on any atom is -0.316 e. The van der Waals surface area contributed by atoms with Gasteiger partial charge in [0, 0.05) is 18.2 Å². The smallest absolute Gasteiger partial charge is 0.258 e. The van der Waals surface area contributed by atoms with Gasteiger partial charge in [-0.1, -0.05) is 0 Å². The summed E-state index contributed by atoms with van der Waals surface area (Å²) in [4.78, 5) is 0. The zero-order valence-corrected chi connectivity index (χ0v) is 12.0. The van der Waals surface area contributed by atoms with Gasteiger partial charge in [-0.3, -0.25) is 5.10 Å². The normalized spacial score (nSPS) is 22.7. The highest BCUT2D eigenvalue weighted by molar-refractivity contribution is 7.92. The summed E-state index contributed by atoms with van der Waals surface area (Å²) in [6.45, 7) is 0.357. The molecule has 19 heavy (non-hydrogen) atoms. The predicted molar refractivity (Wildman–Crippen MR) is 68.7 cm³/mol. The van der Waals surface area contributed by atoms with Gasteiger partial charge in [0.2, 0.25) is 0 Å². The molecule has 1 unspecified atom stereocenters. The van der Waals surface area contributed by atoms with Crippen LogP contribution in [0.15, 0.2) is 11.2 Å². The van der Waals surface area contributed by atoms with E-state index in [9.17, 15) is 16.8 Å². The molecule has 0 radical (unpaired) electrons. The monoisotopic (exact) mass is 308 g/mol. The van der Waals surface area contributed by atoms with E-state index in [-0.39, 0.29) is 16.5 Å². The molecule has 1 fully saturated rings. The first-order valence-corrected chi connectivity index (χ1v) is 9.04. The predicted octanol–water partition coefficient (Wildman–Crippen LogP) is -1.41. The summed E-state index contributed by atoms with van der Waals surface area (Å²) >= 11 is 0. The third kappa shape index (κ3) is 3.32. The van der Waals surface area contributed by atoms with Crippen molar-refractivity contribution in [2.45, 2.75) is 24.0 Å². The number of nitrogens with one attached hydrogen (secondary N) is 3. The van der Waals surface area contributed by atoms with Gasteiger partial charge in [0.25, 0.3) is 10.0 Å². The van der Waals surface area contributed by atoms with Crippen LogP contribution in [0.25, 0.3) is 0 Å². The lowest BCUT2D eigenvalue weighted by Gasteiger charge is -2.11. The Bertz CT molecular complexity index is 650. The van der Waals surface area contributed by atoms with Gasteiger partial charge in [-0.2, -0.15) is 5.10 Å². The van der Waals surface area contributed by atoms with E-state index in [4.69, 9.17) is 0 Å². The number of nitrogens with zero attached hydrogens (tertiary/aromatic N) is 1. The Hall–Kier alpha value is -0.970. The summed E-state index contributed by atoms with van der Waals surface area (Å²) < 4.78 is 49.3. The minimum atomic E-state index is -3.78. The van der Waals surface area contributed by atoms with E-state index in [0.717, 1.165) is 0 Å². The number of H-pyrrole nitrogens is 1. The topological polar surface area (TPSA) is 121 Å². The van der Waals surface area contributed by atoms with Crippen molar-refractivity contribution in [1.82, 2.24) is 20.2 Å². The number of rotatable bonds is 5. The summed E-state index contributed by atoms with van der Waals surface area (Å²) in [6, 6.07) is -0.569. The second-order valence-corrected chi connectivity index (χ2v) is 8.36. The van der Waals surface area contributed by atoms with Gasteiger partial charge in [0.05, 0.1) is 17.7 Å². The van der Waals surface area contributed by atoms with Crippen LogP contribution in [0.3, 0.4) is 0 Å². The number of hydrogen-bond donors (Lipinski definition) is 3. The average Bonchev–Trinajstić information content (AvgIpc) is 2.86. The fourth-order valence-corrected chi connectivity index (χ4v) is 5.19. The molecule has 1 aromatic heterocycles. The number of sulfonamides is 1. The van der Waals surface area contributed by atoms with Crippen molar-refractivity contribution in [2.75, 3.05) is 18.6 Å². The second kappa shape index (κ2) is 5.19. The molecule has 0 aliphatic carbocycles. The molecule has 108 valence electrons. The van der Waals surface area contributed by atoms with E-state index in [0.29, 0.717) is 18.5 Å². The molecule has 1 saturated heterocycles. The molecule has 1 aromatic rings. The van der Waals surface area contributed by atoms with E-state index in [2.05, 4.69) is 20.2 Å². The molecule has 0 spiro atoms. The molecule has 1 aliphatic rings. The lowest BCUT2D eigenvalue weighted by atomic mass is 10.3. The van der Waals surface area contributed by atoms with E-state index in [1.165, 1.54) is 6.20 Å². The number of aromatic nitrogens is 2. The van der Waals surface area contributed by atoms with Crippen LogP contribution in [0, 0.1) is 0 Å². The maximum atomic E-state index is 12.2. The van der Waals surface area contributed by atoms with Gasteiger partial charge in [0.1, 0.15) is 0 Å². The number of sulfone groups is 1. The molecular weight excluding hydrogens is 292 g/mol. The van der Waals surface area contributed by atoms with Crippen LogP contribution in [-0.2, 0) is 26.4 Å². The molecule has 1 atom stereocenters. The molecule has 0 amide bonds. The number of hydrogen-bond acceptors (Lipinski definition) is 6. The van der Waals surface area contributed by atoms with Gasteiger partial charge in [-0.05, 0) is 13.5 Å².